The number of hydrogen-bond acceptors (Lipinski definition) is 5. The summed E-state index contributed by atoms with van der Waals surface area (Å²) in [5.41, 5.74) is 0. The third kappa shape index (κ3) is 2.59. The van der Waals surface area contributed by atoms with Crippen LogP contribution in [-0.4, -0.2) is 35.6 Å². The lowest BCUT2D eigenvalue weighted by molar-refractivity contribution is 0.850. The molecule has 1 aromatic heterocycles. The van der Waals surface area contributed by atoms with Gasteiger partial charge in [-0.2, -0.15) is 15.0 Å². The molecule has 0 radical (unpaired) electrons. The zero-order valence-electron chi connectivity index (χ0n) is 10.2. The molecule has 1 aliphatic rings. The molecule has 1 fully saturated rings. The molecular formula is C11H19N5. The molecule has 0 aromatic carbocycles. The van der Waals surface area contributed by atoms with Gasteiger partial charge < -0.3 is 10.2 Å². The summed E-state index contributed by atoms with van der Waals surface area (Å²) in [6, 6.07) is 0. The summed E-state index contributed by atoms with van der Waals surface area (Å²) in [7, 11) is 3.91. The molecule has 0 saturated heterocycles. The van der Waals surface area contributed by atoms with Crippen LogP contribution in [0.25, 0.3) is 0 Å². The summed E-state index contributed by atoms with van der Waals surface area (Å²) in [6.45, 7) is 3.03. The summed E-state index contributed by atoms with van der Waals surface area (Å²) >= 11 is 0. The van der Waals surface area contributed by atoms with Gasteiger partial charge in [-0.05, 0) is 19.3 Å². The number of aromatic nitrogens is 3. The molecular weight excluding hydrogens is 202 g/mol. The van der Waals surface area contributed by atoms with Crippen molar-refractivity contribution in [1.82, 2.24) is 15.0 Å². The highest BCUT2D eigenvalue weighted by Gasteiger charge is 2.27. The van der Waals surface area contributed by atoms with Gasteiger partial charge in [-0.3, -0.25) is 0 Å². The molecule has 0 unspecified atom stereocenters. The Labute approximate surface area is 96.3 Å². The molecule has 88 valence electrons. The second-order valence-corrected chi connectivity index (χ2v) is 4.41. The van der Waals surface area contributed by atoms with Crippen molar-refractivity contribution >= 4 is 11.9 Å². The van der Waals surface area contributed by atoms with Gasteiger partial charge in [0, 0.05) is 26.6 Å². The van der Waals surface area contributed by atoms with Gasteiger partial charge in [0.1, 0.15) is 5.82 Å². The van der Waals surface area contributed by atoms with Crippen molar-refractivity contribution in [3.05, 3.63) is 5.82 Å². The fraction of sp³-hybridized carbons (Fsp3) is 0.727. The van der Waals surface area contributed by atoms with Crippen LogP contribution in [0.2, 0.25) is 0 Å². The second-order valence-electron chi connectivity index (χ2n) is 4.41. The van der Waals surface area contributed by atoms with Crippen LogP contribution >= 0.6 is 0 Å². The number of nitrogens with one attached hydrogen (secondary N) is 1. The highest BCUT2D eigenvalue weighted by molar-refractivity contribution is 5.36. The Morgan fingerprint density at radius 3 is 2.56 bits per heavy atom. The van der Waals surface area contributed by atoms with Gasteiger partial charge in [-0.1, -0.05) is 6.92 Å². The molecule has 1 heterocycles. The Kier molecular flexibility index (Phi) is 3.22. The molecule has 1 N–H and O–H groups in total. The lowest BCUT2D eigenvalue weighted by atomic mass is 10.4. The lowest BCUT2D eigenvalue weighted by Gasteiger charge is -2.13. The smallest absolute Gasteiger partial charge is 0.229 e. The Hall–Kier alpha value is -1.39. The van der Waals surface area contributed by atoms with E-state index in [9.17, 15) is 0 Å². The first-order chi connectivity index (χ1) is 7.70. The molecule has 16 heavy (non-hydrogen) atoms. The monoisotopic (exact) mass is 221 g/mol. The number of rotatable bonds is 5. The van der Waals surface area contributed by atoms with E-state index in [0.29, 0.717) is 11.9 Å². The van der Waals surface area contributed by atoms with Crippen molar-refractivity contribution in [2.45, 2.75) is 32.1 Å². The highest BCUT2D eigenvalue weighted by Crippen LogP contribution is 2.38. The normalized spacial score (nSPS) is 14.9. The Morgan fingerprint density at radius 1 is 1.25 bits per heavy atom. The van der Waals surface area contributed by atoms with Crippen molar-refractivity contribution in [2.75, 3.05) is 30.9 Å². The lowest BCUT2D eigenvalue weighted by Crippen LogP contribution is -2.16. The van der Waals surface area contributed by atoms with E-state index >= 15 is 0 Å². The summed E-state index contributed by atoms with van der Waals surface area (Å²) in [5, 5.41) is 3.22. The van der Waals surface area contributed by atoms with E-state index in [2.05, 4.69) is 27.2 Å². The summed E-state index contributed by atoms with van der Waals surface area (Å²) in [5.74, 6) is 2.96. The van der Waals surface area contributed by atoms with Gasteiger partial charge in [0.25, 0.3) is 0 Å². The van der Waals surface area contributed by atoms with Gasteiger partial charge in [-0.15, -0.1) is 0 Å². The molecule has 0 aliphatic heterocycles. The topological polar surface area (TPSA) is 53.9 Å². The Morgan fingerprint density at radius 2 is 2.00 bits per heavy atom. The minimum absolute atomic E-state index is 0.559. The molecule has 0 amide bonds. The maximum Gasteiger partial charge on any atom is 0.229 e. The van der Waals surface area contributed by atoms with Crippen LogP contribution in [-0.2, 0) is 0 Å². The highest BCUT2D eigenvalue weighted by atomic mass is 15.3. The van der Waals surface area contributed by atoms with Gasteiger partial charge in [-0.25, -0.2) is 0 Å². The van der Waals surface area contributed by atoms with E-state index in [-0.39, 0.29) is 0 Å². The van der Waals surface area contributed by atoms with Crippen LogP contribution in [0.4, 0.5) is 11.9 Å². The van der Waals surface area contributed by atoms with Crippen molar-refractivity contribution in [3.63, 3.8) is 0 Å². The van der Waals surface area contributed by atoms with Crippen LogP contribution in [0.3, 0.4) is 0 Å². The van der Waals surface area contributed by atoms with E-state index < -0.39 is 0 Å². The first-order valence-electron chi connectivity index (χ1n) is 5.88. The minimum atomic E-state index is 0.559. The van der Waals surface area contributed by atoms with Gasteiger partial charge in [0.05, 0.1) is 0 Å². The summed E-state index contributed by atoms with van der Waals surface area (Å²) in [4.78, 5) is 15.2. The molecule has 1 aliphatic carbocycles. The average molecular weight is 221 g/mol. The van der Waals surface area contributed by atoms with Crippen LogP contribution in [0.15, 0.2) is 0 Å². The van der Waals surface area contributed by atoms with Crippen LogP contribution in [0.5, 0.6) is 0 Å². The number of anilines is 2. The van der Waals surface area contributed by atoms with Gasteiger partial charge in [0.15, 0.2) is 0 Å². The third-order valence-corrected chi connectivity index (χ3v) is 2.52. The quantitative estimate of drug-likeness (QED) is 0.819. The summed E-state index contributed by atoms with van der Waals surface area (Å²) < 4.78 is 0. The fourth-order valence-corrected chi connectivity index (χ4v) is 1.42. The van der Waals surface area contributed by atoms with Crippen molar-refractivity contribution < 1.29 is 0 Å². The predicted octanol–water partition coefficient (Wildman–Crippen LogP) is 1.64. The van der Waals surface area contributed by atoms with Crippen molar-refractivity contribution in [3.8, 4) is 0 Å². The largest absolute Gasteiger partial charge is 0.354 e. The SMILES string of the molecule is CCCNc1nc(C2CC2)nc(N(C)C)n1. The van der Waals surface area contributed by atoms with Crippen LogP contribution in [0, 0.1) is 0 Å². The molecule has 5 nitrogen and oxygen atoms in total. The molecule has 2 rings (SSSR count). The molecule has 1 aromatic rings. The maximum atomic E-state index is 4.47. The molecule has 0 bridgehead atoms. The Bertz CT molecular complexity index is 339. The zero-order chi connectivity index (χ0) is 11.5. The van der Waals surface area contributed by atoms with E-state index in [1.807, 2.05) is 19.0 Å². The molecule has 0 spiro atoms. The summed E-state index contributed by atoms with van der Waals surface area (Å²) in [6.07, 6.45) is 3.50. The van der Waals surface area contributed by atoms with E-state index in [1.165, 1.54) is 12.8 Å². The minimum Gasteiger partial charge on any atom is -0.354 e. The predicted molar refractivity (Wildman–Crippen MR) is 64.9 cm³/mol. The third-order valence-electron chi connectivity index (χ3n) is 2.52. The van der Waals surface area contributed by atoms with Crippen LogP contribution in [0.1, 0.15) is 37.9 Å². The number of hydrogen-bond donors (Lipinski definition) is 1. The van der Waals surface area contributed by atoms with E-state index in [1.54, 1.807) is 0 Å². The molecule has 1 saturated carbocycles. The molecule has 5 heteroatoms. The first-order valence-corrected chi connectivity index (χ1v) is 5.88. The van der Waals surface area contributed by atoms with Crippen LogP contribution < -0.4 is 10.2 Å². The number of nitrogens with zero attached hydrogens (tertiary/aromatic N) is 4. The fourth-order valence-electron chi connectivity index (χ4n) is 1.42. The Balaban J connectivity index is 2.21. The average Bonchev–Trinajstić information content (AvgIpc) is 3.09. The zero-order valence-corrected chi connectivity index (χ0v) is 10.2. The standard InChI is InChI=1S/C11H19N5/c1-4-7-12-10-13-9(8-5-6-8)14-11(15-10)16(2)3/h8H,4-7H2,1-3H3,(H,12,13,14,15). The van der Waals surface area contributed by atoms with Gasteiger partial charge >= 0.3 is 0 Å². The van der Waals surface area contributed by atoms with Crippen molar-refractivity contribution in [1.29, 1.82) is 0 Å². The second kappa shape index (κ2) is 4.63. The first kappa shape index (κ1) is 11.1. The van der Waals surface area contributed by atoms with Gasteiger partial charge in [0.2, 0.25) is 11.9 Å². The maximum absolute atomic E-state index is 4.47. The van der Waals surface area contributed by atoms with Crippen molar-refractivity contribution in [2.24, 2.45) is 0 Å². The van der Waals surface area contributed by atoms with E-state index in [4.69, 9.17) is 0 Å². The molecule has 0 atom stereocenters. The van der Waals surface area contributed by atoms with E-state index in [0.717, 1.165) is 24.7 Å².